The van der Waals surface area contributed by atoms with E-state index in [-0.39, 0.29) is 17.6 Å². The molecular weight excluding hydrogens is 288 g/mol. The Kier molecular flexibility index (Phi) is 5.88. The number of para-hydroxylation sites is 1. The van der Waals surface area contributed by atoms with Crippen molar-refractivity contribution in [2.24, 2.45) is 5.92 Å². The maximum Gasteiger partial charge on any atom is 0.341 e. The third-order valence-corrected chi connectivity index (χ3v) is 4.36. The maximum atomic E-state index is 12.7. The highest BCUT2D eigenvalue weighted by Crippen LogP contribution is 2.27. The Morgan fingerprint density at radius 2 is 1.85 bits per heavy atom. The first-order chi connectivity index (χ1) is 9.30. The van der Waals surface area contributed by atoms with Gasteiger partial charge in [0.2, 0.25) is 9.84 Å². The van der Waals surface area contributed by atoms with Gasteiger partial charge in [0.25, 0.3) is 0 Å². The van der Waals surface area contributed by atoms with Crippen LogP contribution < -0.4 is 5.32 Å². The highest BCUT2D eigenvalue weighted by Gasteiger charge is 2.29. The number of benzene rings is 1. The van der Waals surface area contributed by atoms with Gasteiger partial charge in [-0.15, -0.1) is 0 Å². The Bertz CT molecular complexity index is 532. The first-order valence-corrected chi connectivity index (χ1v) is 7.72. The van der Waals surface area contributed by atoms with Gasteiger partial charge in [0, 0.05) is 7.11 Å². The molecule has 1 aromatic rings. The minimum atomic E-state index is -4.63. The third-order valence-electron chi connectivity index (χ3n) is 2.92. The second kappa shape index (κ2) is 6.99. The summed E-state index contributed by atoms with van der Waals surface area (Å²) in [6, 6.07) is 5.49. The van der Waals surface area contributed by atoms with Crippen LogP contribution in [0.4, 0.5) is 14.5 Å². The molecule has 0 fully saturated rings. The van der Waals surface area contributed by atoms with Crippen molar-refractivity contribution in [1.29, 1.82) is 0 Å². The van der Waals surface area contributed by atoms with Crippen molar-refractivity contribution in [1.82, 2.24) is 0 Å². The number of hydrogen-bond acceptors (Lipinski definition) is 4. The van der Waals surface area contributed by atoms with Crippen LogP contribution in [0, 0.1) is 5.92 Å². The number of ether oxygens (including phenoxy) is 1. The lowest BCUT2D eigenvalue weighted by Gasteiger charge is -2.24. The van der Waals surface area contributed by atoms with Crippen molar-refractivity contribution < 1.29 is 21.9 Å². The maximum absolute atomic E-state index is 12.7. The number of alkyl halides is 2. The van der Waals surface area contributed by atoms with E-state index in [0.717, 1.165) is 0 Å². The third kappa shape index (κ3) is 3.89. The lowest BCUT2D eigenvalue weighted by Crippen LogP contribution is -2.31. The summed E-state index contributed by atoms with van der Waals surface area (Å²) in [6.07, 6.45) is 0. The zero-order valence-electron chi connectivity index (χ0n) is 11.6. The highest BCUT2D eigenvalue weighted by molar-refractivity contribution is 7.91. The fraction of sp³-hybridized carbons (Fsp3) is 0.538. The van der Waals surface area contributed by atoms with E-state index in [0.29, 0.717) is 6.61 Å². The van der Waals surface area contributed by atoms with Gasteiger partial charge in [0.05, 0.1) is 23.2 Å². The number of rotatable bonds is 7. The fourth-order valence-corrected chi connectivity index (χ4v) is 2.60. The zero-order valence-corrected chi connectivity index (χ0v) is 12.5. The van der Waals surface area contributed by atoms with Crippen LogP contribution >= 0.6 is 0 Å². The molecule has 0 aromatic heterocycles. The van der Waals surface area contributed by atoms with Crippen LogP contribution in [0.3, 0.4) is 0 Å². The molecule has 114 valence electrons. The molecule has 1 atom stereocenters. The average molecular weight is 307 g/mol. The van der Waals surface area contributed by atoms with E-state index in [1.54, 1.807) is 6.07 Å². The van der Waals surface area contributed by atoms with Crippen LogP contribution in [0.1, 0.15) is 13.8 Å². The van der Waals surface area contributed by atoms with Crippen LogP contribution in [0.5, 0.6) is 0 Å². The number of nitrogens with one attached hydrogen (secondary N) is 1. The van der Waals surface area contributed by atoms with Crippen molar-refractivity contribution >= 4 is 15.5 Å². The topological polar surface area (TPSA) is 55.4 Å². The number of halogens is 2. The minimum Gasteiger partial charge on any atom is -0.383 e. The van der Waals surface area contributed by atoms with E-state index >= 15 is 0 Å². The predicted molar refractivity (Wildman–Crippen MR) is 73.8 cm³/mol. The first-order valence-electron chi connectivity index (χ1n) is 6.17. The zero-order chi connectivity index (χ0) is 15.3. The van der Waals surface area contributed by atoms with Gasteiger partial charge in [0.1, 0.15) is 0 Å². The summed E-state index contributed by atoms with van der Waals surface area (Å²) in [4.78, 5) is -0.392. The van der Waals surface area contributed by atoms with E-state index in [4.69, 9.17) is 4.74 Å². The summed E-state index contributed by atoms with van der Waals surface area (Å²) in [7, 11) is -3.10. The molecule has 1 aromatic carbocycles. The van der Waals surface area contributed by atoms with Gasteiger partial charge in [-0.05, 0) is 18.1 Å². The second-order valence-electron chi connectivity index (χ2n) is 4.75. The molecule has 0 amide bonds. The van der Waals surface area contributed by atoms with E-state index in [1.165, 1.54) is 25.3 Å². The molecule has 4 nitrogen and oxygen atoms in total. The average Bonchev–Trinajstić information content (AvgIpc) is 2.38. The predicted octanol–water partition coefficient (Wildman–Crippen LogP) is 2.77. The fourth-order valence-electron chi connectivity index (χ4n) is 1.71. The molecule has 1 rings (SSSR count). The van der Waals surface area contributed by atoms with Crippen molar-refractivity contribution in [3.05, 3.63) is 24.3 Å². The van der Waals surface area contributed by atoms with Gasteiger partial charge in [-0.25, -0.2) is 8.42 Å². The normalized spacial score (nSPS) is 13.8. The van der Waals surface area contributed by atoms with Gasteiger partial charge in [-0.2, -0.15) is 8.78 Å². The smallest absolute Gasteiger partial charge is 0.341 e. The molecule has 1 N–H and O–H groups in total. The van der Waals surface area contributed by atoms with Gasteiger partial charge in [0.15, 0.2) is 0 Å². The highest BCUT2D eigenvalue weighted by atomic mass is 32.2. The first kappa shape index (κ1) is 16.8. The summed E-state index contributed by atoms with van der Waals surface area (Å²) in [5.41, 5.74) is 0.170. The molecule has 0 aliphatic rings. The van der Waals surface area contributed by atoms with Crippen molar-refractivity contribution in [3.8, 4) is 0 Å². The van der Waals surface area contributed by atoms with Crippen molar-refractivity contribution in [3.63, 3.8) is 0 Å². The molecule has 0 saturated carbocycles. The summed E-state index contributed by atoms with van der Waals surface area (Å²) in [6.45, 7) is 4.21. The number of sulfone groups is 1. The van der Waals surface area contributed by atoms with Crippen LogP contribution in [0.15, 0.2) is 29.2 Å². The molecule has 0 aliphatic carbocycles. The molecule has 0 aliphatic heterocycles. The summed E-state index contributed by atoms with van der Waals surface area (Å²) < 4.78 is 53.7. The van der Waals surface area contributed by atoms with Gasteiger partial charge >= 0.3 is 5.76 Å². The van der Waals surface area contributed by atoms with E-state index in [9.17, 15) is 17.2 Å². The van der Waals surface area contributed by atoms with E-state index in [2.05, 4.69) is 5.32 Å². The van der Waals surface area contributed by atoms with Crippen LogP contribution in [0.25, 0.3) is 0 Å². The molecule has 0 saturated heterocycles. The number of hydrogen-bond donors (Lipinski definition) is 1. The molecule has 0 radical (unpaired) electrons. The van der Waals surface area contributed by atoms with Crippen molar-refractivity contribution in [2.75, 3.05) is 19.0 Å². The minimum absolute atomic E-state index is 0.150. The Morgan fingerprint density at radius 3 is 2.35 bits per heavy atom. The Balaban J connectivity index is 3.14. The van der Waals surface area contributed by atoms with Gasteiger partial charge in [-0.3, -0.25) is 0 Å². The quantitative estimate of drug-likeness (QED) is 0.841. The van der Waals surface area contributed by atoms with Crippen molar-refractivity contribution in [2.45, 2.75) is 30.5 Å². The molecule has 20 heavy (non-hydrogen) atoms. The van der Waals surface area contributed by atoms with Crippen LogP contribution in [0.2, 0.25) is 0 Å². The Morgan fingerprint density at radius 1 is 1.25 bits per heavy atom. The summed E-state index contributed by atoms with van der Waals surface area (Å²) in [5, 5.41) is 2.97. The Labute approximate surface area is 118 Å². The molecule has 0 heterocycles. The van der Waals surface area contributed by atoms with Gasteiger partial charge < -0.3 is 10.1 Å². The van der Waals surface area contributed by atoms with Crippen LogP contribution in [-0.4, -0.2) is 33.9 Å². The van der Waals surface area contributed by atoms with Crippen LogP contribution in [-0.2, 0) is 14.6 Å². The van der Waals surface area contributed by atoms with Gasteiger partial charge in [-0.1, -0.05) is 26.0 Å². The standard InChI is InChI=1S/C13H19F2NO3S/c1-9(2)11(8-19-3)16-10-6-4-5-7-12(10)20(17,18)13(14)15/h4-7,9,11,13,16H,8H2,1-3H3. The molecular formula is C13H19F2NO3S. The largest absolute Gasteiger partial charge is 0.383 e. The van der Waals surface area contributed by atoms with E-state index in [1.807, 2.05) is 13.8 Å². The Hall–Kier alpha value is -1.21. The lowest BCUT2D eigenvalue weighted by molar-refractivity contribution is 0.171. The number of anilines is 1. The SMILES string of the molecule is COCC(Nc1ccccc1S(=O)(=O)C(F)F)C(C)C. The second-order valence-corrected chi connectivity index (χ2v) is 6.64. The monoisotopic (exact) mass is 307 g/mol. The summed E-state index contributed by atoms with van der Waals surface area (Å²) >= 11 is 0. The van der Waals surface area contributed by atoms with E-state index < -0.39 is 20.5 Å². The summed E-state index contributed by atoms with van der Waals surface area (Å²) in [5.74, 6) is -3.29. The molecule has 0 bridgehead atoms. The molecule has 1 unspecified atom stereocenters. The lowest BCUT2D eigenvalue weighted by atomic mass is 10.1. The molecule has 7 heteroatoms. The number of methoxy groups -OCH3 is 1. The molecule has 0 spiro atoms.